The molecule has 0 spiro atoms. The summed E-state index contributed by atoms with van der Waals surface area (Å²) in [6.07, 6.45) is 8.02. The summed E-state index contributed by atoms with van der Waals surface area (Å²) in [5, 5.41) is 6.76. The summed E-state index contributed by atoms with van der Waals surface area (Å²) in [5.74, 6) is -0.299. The average Bonchev–Trinajstić information content (AvgIpc) is 2.71. The quantitative estimate of drug-likeness (QED) is 0.708. The topological polar surface area (TPSA) is 58.4 Å². The molecule has 4 rings (SSSR count). The lowest BCUT2D eigenvalue weighted by Crippen LogP contribution is -2.35. The van der Waals surface area contributed by atoms with Crippen LogP contribution in [0.1, 0.15) is 31.2 Å². The largest absolute Gasteiger partial charge is 0.379 e. The fourth-order valence-corrected chi connectivity index (χ4v) is 3.85. The molecule has 0 aliphatic carbocycles. The molecular formula is C22H25FN4O. The zero-order valence-electron chi connectivity index (χ0n) is 16.0. The Morgan fingerprint density at radius 1 is 1.29 bits per heavy atom. The average molecular weight is 380 g/mol. The third kappa shape index (κ3) is 3.92. The molecule has 3 aromatic rings. The first-order valence-electron chi connectivity index (χ1n) is 9.87. The van der Waals surface area contributed by atoms with E-state index in [1.54, 1.807) is 22.9 Å². The van der Waals surface area contributed by atoms with Crippen molar-refractivity contribution in [1.29, 1.82) is 0 Å². The van der Waals surface area contributed by atoms with Gasteiger partial charge in [0.25, 0.3) is 5.56 Å². The maximum absolute atomic E-state index is 13.6. The molecule has 0 saturated carbocycles. The van der Waals surface area contributed by atoms with E-state index in [0.29, 0.717) is 17.4 Å². The van der Waals surface area contributed by atoms with Crippen LogP contribution in [0.4, 0.5) is 10.1 Å². The second-order valence-electron chi connectivity index (χ2n) is 7.46. The number of nitrogens with one attached hydrogen (secondary N) is 2. The molecule has 0 unspecified atom stereocenters. The minimum Gasteiger partial charge on any atom is -0.379 e. The maximum Gasteiger partial charge on any atom is 0.281 e. The molecule has 1 aromatic carbocycles. The number of halogens is 1. The summed E-state index contributed by atoms with van der Waals surface area (Å²) in [6.45, 7) is 3.71. The van der Waals surface area contributed by atoms with Crippen molar-refractivity contribution in [3.8, 4) is 11.1 Å². The highest BCUT2D eigenvalue weighted by molar-refractivity contribution is 5.67. The minimum absolute atomic E-state index is 0.136. The van der Waals surface area contributed by atoms with Gasteiger partial charge in [-0.1, -0.05) is 18.6 Å². The van der Waals surface area contributed by atoms with Gasteiger partial charge in [0.2, 0.25) is 0 Å². The summed E-state index contributed by atoms with van der Waals surface area (Å²) in [7, 11) is 0. The van der Waals surface area contributed by atoms with Gasteiger partial charge in [-0.15, -0.1) is 0 Å². The first-order chi connectivity index (χ1) is 13.6. The number of aromatic nitrogens is 2. The maximum atomic E-state index is 13.6. The molecule has 1 atom stereocenters. The second-order valence-corrected chi connectivity index (χ2v) is 7.46. The van der Waals surface area contributed by atoms with E-state index < -0.39 is 0 Å². The predicted octanol–water partition coefficient (Wildman–Crippen LogP) is 3.75. The lowest BCUT2D eigenvalue weighted by molar-refractivity contribution is 0.389. The van der Waals surface area contributed by atoms with Crippen LogP contribution in [-0.4, -0.2) is 28.5 Å². The molecule has 3 heterocycles. The van der Waals surface area contributed by atoms with Crippen LogP contribution in [0.5, 0.6) is 0 Å². The Hall–Kier alpha value is -2.73. The fraction of sp³-hybridized carbons (Fsp3) is 0.364. The van der Waals surface area contributed by atoms with Crippen LogP contribution in [-0.2, 0) is 0 Å². The molecule has 2 aromatic heterocycles. The molecule has 0 amide bonds. The number of anilines is 1. The Morgan fingerprint density at radius 3 is 2.96 bits per heavy atom. The van der Waals surface area contributed by atoms with Crippen LogP contribution in [0, 0.1) is 12.7 Å². The number of piperidine rings is 1. The molecule has 0 bridgehead atoms. The molecular weight excluding hydrogens is 355 g/mol. The van der Waals surface area contributed by atoms with E-state index in [0.717, 1.165) is 36.2 Å². The second kappa shape index (κ2) is 8.10. The lowest BCUT2D eigenvalue weighted by Gasteiger charge is -2.23. The molecule has 1 fully saturated rings. The SMILES string of the molecule is Cc1cc(-c2cccc(F)c2)cn2c(=O)c(NCC[C@@H]3CCCCN3)cnc12. The first kappa shape index (κ1) is 18.6. The third-order valence-corrected chi connectivity index (χ3v) is 5.36. The predicted molar refractivity (Wildman–Crippen MR) is 110 cm³/mol. The minimum atomic E-state index is -0.299. The summed E-state index contributed by atoms with van der Waals surface area (Å²) in [4.78, 5) is 17.5. The van der Waals surface area contributed by atoms with E-state index in [-0.39, 0.29) is 11.4 Å². The molecule has 1 aliphatic rings. The molecule has 146 valence electrons. The van der Waals surface area contributed by atoms with E-state index in [2.05, 4.69) is 15.6 Å². The molecule has 6 heteroatoms. The Labute approximate surface area is 163 Å². The molecule has 1 aliphatic heterocycles. The number of hydrogen-bond donors (Lipinski definition) is 2. The van der Waals surface area contributed by atoms with Gasteiger partial charge in [-0.3, -0.25) is 9.20 Å². The third-order valence-electron chi connectivity index (χ3n) is 5.36. The Bertz CT molecular complexity index is 1040. The van der Waals surface area contributed by atoms with Gasteiger partial charge < -0.3 is 10.6 Å². The standard InChI is InChI=1S/C22H25FN4O/c1-15-11-17(16-5-4-6-18(23)12-16)14-27-21(15)26-13-20(22(27)28)25-10-8-19-7-2-3-9-24-19/h4-6,11-14,19,24-25H,2-3,7-10H2,1H3/t19-/m0/s1. The molecule has 0 radical (unpaired) electrons. The summed E-state index contributed by atoms with van der Waals surface area (Å²) in [6, 6.07) is 8.83. The van der Waals surface area contributed by atoms with Gasteiger partial charge in [-0.2, -0.15) is 0 Å². The summed E-state index contributed by atoms with van der Waals surface area (Å²) in [5.41, 5.74) is 3.36. The van der Waals surface area contributed by atoms with Gasteiger partial charge >= 0.3 is 0 Å². The van der Waals surface area contributed by atoms with E-state index in [9.17, 15) is 9.18 Å². The first-order valence-corrected chi connectivity index (χ1v) is 9.87. The van der Waals surface area contributed by atoms with Crippen molar-refractivity contribution in [2.75, 3.05) is 18.4 Å². The normalized spacial score (nSPS) is 17.0. The smallest absolute Gasteiger partial charge is 0.281 e. The fourth-order valence-electron chi connectivity index (χ4n) is 3.85. The molecule has 1 saturated heterocycles. The Kier molecular flexibility index (Phi) is 5.39. The zero-order valence-corrected chi connectivity index (χ0v) is 16.0. The molecule has 28 heavy (non-hydrogen) atoms. The van der Waals surface area contributed by atoms with Crippen LogP contribution < -0.4 is 16.2 Å². The highest BCUT2D eigenvalue weighted by atomic mass is 19.1. The number of nitrogens with zero attached hydrogens (tertiary/aromatic N) is 2. The Balaban J connectivity index is 1.61. The highest BCUT2D eigenvalue weighted by Crippen LogP contribution is 2.22. The van der Waals surface area contributed by atoms with E-state index in [4.69, 9.17) is 0 Å². The number of rotatable bonds is 5. The number of benzene rings is 1. The van der Waals surface area contributed by atoms with Crippen molar-refractivity contribution in [2.24, 2.45) is 0 Å². The van der Waals surface area contributed by atoms with Crippen LogP contribution in [0.15, 0.2) is 47.5 Å². The highest BCUT2D eigenvalue weighted by Gasteiger charge is 2.13. The van der Waals surface area contributed by atoms with Crippen LogP contribution in [0.3, 0.4) is 0 Å². The van der Waals surface area contributed by atoms with Crippen LogP contribution in [0.25, 0.3) is 16.8 Å². The van der Waals surface area contributed by atoms with Gasteiger partial charge in [0, 0.05) is 18.8 Å². The van der Waals surface area contributed by atoms with E-state index in [1.807, 2.05) is 19.1 Å². The van der Waals surface area contributed by atoms with Crippen LogP contribution >= 0.6 is 0 Å². The van der Waals surface area contributed by atoms with Crippen molar-refractivity contribution >= 4 is 11.3 Å². The number of pyridine rings is 1. The lowest BCUT2D eigenvalue weighted by atomic mass is 10.0. The summed E-state index contributed by atoms with van der Waals surface area (Å²) >= 11 is 0. The Morgan fingerprint density at radius 2 is 2.18 bits per heavy atom. The van der Waals surface area contributed by atoms with Crippen molar-refractivity contribution in [3.63, 3.8) is 0 Å². The van der Waals surface area contributed by atoms with E-state index >= 15 is 0 Å². The number of aryl methyl sites for hydroxylation is 1. The molecule has 2 N–H and O–H groups in total. The monoisotopic (exact) mass is 380 g/mol. The van der Waals surface area contributed by atoms with E-state index in [1.165, 1.54) is 31.4 Å². The van der Waals surface area contributed by atoms with Crippen molar-refractivity contribution in [3.05, 3.63) is 64.5 Å². The van der Waals surface area contributed by atoms with Gasteiger partial charge in [0.15, 0.2) is 0 Å². The van der Waals surface area contributed by atoms with Crippen LogP contribution in [0.2, 0.25) is 0 Å². The number of fused-ring (bicyclic) bond motifs is 1. The summed E-state index contributed by atoms with van der Waals surface area (Å²) < 4.78 is 15.2. The van der Waals surface area contributed by atoms with Crippen molar-refractivity contribution < 1.29 is 4.39 Å². The number of hydrogen-bond acceptors (Lipinski definition) is 4. The van der Waals surface area contributed by atoms with Gasteiger partial charge in [0.1, 0.15) is 17.2 Å². The van der Waals surface area contributed by atoms with Crippen molar-refractivity contribution in [2.45, 2.75) is 38.6 Å². The van der Waals surface area contributed by atoms with Gasteiger partial charge in [0.05, 0.1) is 6.20 Å². The van der Waals surface area contributed by atoms with Crippen molar-refractivity contribution in [1.82, 2.24) is 14.7 Å². The molecule has 5 nitrogen and oxygen atoms in total. The van der Waals surface area contributed by atoms with Gasteiger partial charge in [-0.05, 0) is 67.6 Å². The van der Waals surface area contributed by atoms with Gasteiger partial charge in [-0.25, -0.2) is 9.37 Å². The zero-order chi connectivity index (χ0) is 19.5.